The van der Waals surface area contributed by atoms with Crippen molar-refractivity contribution >= 4 is 23.3 Å². The standard InChI is InChI=1S/C27H36ClN3O6/c1-19-6-5-7-20(16-19)18-37-25-21(9-10-28)17-22-24(29-25)30(2)27(33)31(26(22)32)11-13-34-14-15-36-23-8-3-4-12-35-23/h5-7,16,21,23H,3-4,8-15,17-18H2,1-2H3. The van der Waals surface area contributed by atoms with Gasteiger partial charge in [0.15, 0.2) is 12.2 Å². The van der Waals surface area contributed by atoms with Crippen LogP contribution in [-0.4, -0.2) is 53.6 Å². The molecule has 0 amide bonds. The number of aryl methyl sites for hydroxylation is 1. The third-order valence-electron chi connectivity index (χ3n) is 6.68. The van der Waals surface area contributed by atoms with Gasteiger partial charge in [0.25, 0.3) is 5.56 Å². The van der Waals surface area contributed by atoms with E-state index >= 15 is 0 Å². The number of alkyl halides is 1. The molecule has 10 heteroatoms. The minimum Gasteiger partial charge on any atom is -0.476 e. The van der Waals surface area contributed by atoms with E-state index in [4.69, 9.17) is 30.5 Å². The molecule has 0 radical (unpaired) electrons. The first kappa shape index (κ1) is 27.6. The number of ether oxygens (including phenoxy) is 4. The summed E-state index contributed by atoms with van der Waals surface area (Å²) >= 11 is 6.07. The van der Waals surface area contributed by atoms with E-state index in [1.54, 1.807) is 7.05 Å². The molecule has 2 atom stereocenters. The predicted octanol–water partition coefficient (Wildman–Crippen LogP) is 3.46. The van der Waals surface area contributed by atoms with Crippen molar-refractivity contribution in [3.05, 3.63) is 61.8 Å². The lowest BCUT2D eigenvalue weighted by molar-refractivity contribution is -0.169. The number of halogens is 1. The van der Waals surface area contributed by atoms with Gasteiger partial charge in [0.05, 0.1) is 31.9 Å². The maximum Gasteiger partial charge on any atom is 0.332 e. The molecule has 2 aromatic rings. The molecule has 3 heterocycles. The Labute approximate surface area is 222 Å². The maximum absolute atomic E-state index is 13.3. The molecule has 2 aliphatic heterocycles. The molecular formula is C27H36ClN3O6. The third kappa shape index (κ3) is 7.10. The van der Waals surface area contributed by atoms with Crippen LogP contribution in [0.15, 0.2) is 38.8 Å². The van der Waals surface area contributed by atoms with E-state index in [1.807, 2.05) is 25.1 Å². The molecule has 4 rings (SSSR count). The van der Waals surface area contributed by atoms with Crippen molar-refractivity contribution in [1.82, 2.24) is 9.13 Å². The maximum atomic E-state index is 13.3. The van der Waals surface area contributed by atoms with Gasteiger partial charge in [-0.2, -0.15) is 4.99 Å². The van der Waals surface area contributed by atoms with Crippen molar-refractivity contribution in [2.75, 3.05) is 32.3 Å². The number of aromatic nitrogens is 2. The van der Waals surface area contributed by atoms with Crippen molar-refractivity contribution in [3.63, 3.8) is 0 Å². The highest BCUT2D eigenvalue weighted by atomic mass is 35.5. The van der Waals surface area contributed by atoms with E-state index in [0.29, 0.717) is 55.8 Å². The summed E-state index contributed by atoms with van der Waals surface area (Å²) in [7, 11) is 1.62. The minimum atomic E-state index is -0.434. The van der Waals surface area contributed by atoms with Crippen molar-refractivity contribution in [2.45, 2.75) is 58.5 Å². The summed E-state index contributed by atoms with van der Waals surface area (Å²) in [5.41, 5.74) is 1.90. The minimum absolute atomic E-state index is 0.135. The van der Waals surface area contributed by atoms with Crippen LogP contribution in [0.5, 0.6) is 0 Å². The molecule has 2 aliphatic rings. The molecule has 9 nitrogen and oxygen atoms in total. The van der Waals surface area contributed by atoms with Crippen LogP contribution in [0.3, 0.4) is 0 Å². The molecule has 0 bridgehead atoms. The van der Waals surface area contributed by atoms with E-state index in [9.17, 15) is 9.59 Å². The first-order valence-electron chi connectivity index (χ1n) is 12.9. The van der Waals surface area contributed by atoms with Crippen molar-refractivity contribution in [3.8, 4) is 0 Å². The molecule has 0 saturated carbocycles. The van der Waals surface area contributed by atoms with Gasteiger partial charge in [0.1, 0.15) is 12.4 Å². The molecule has 1 fully saturated rings. The van der Waals surface area contributed by atoms with Crippen LogP contribution in [0.25, 0.3) is 0 Å². The molecule has 1 aromatic carbocycles. The van der Waals surface area contributed by atoms with Crippen molar-refractivity contribution in [2.24, 2.45) is 18.0 Å². The van der Waals surface area contributed by atoms with Crippen LogP contribution >= 0.6 is 11.6 Å². The molecule has 0 N–H and O–H groups in total. The van der Waals surface area contributed by atoms with Crippen LogP contribution in [0.1, 0.15) is 42.4 Å². The van der Waals surface area contributed by atoms with Crippen LogP contribution < -0.4 is 11.2 Å². The predicted molar refractivity (Wildman–Crippen MR) is 142 cm³/mol. The second-order valence-electron chi connectivity index (χ2n) is 9.49. The Morgan fingerprint density at radius 2 is 2.05 bits per heavy atom. The molecule has 2 unspecified atom stereocenters. The van der Waals surface area contributed by atoms with Crippen molar-refractivity contribution in [1.29, 1.82) is 0 Å². The summed E-state index contributed by atoms with van der Waals surface area (Å²) in [6, 6.07) is 8.06. The summed E-state index contributed by atoms with van der Waals surface area (Å²) in [6.45, 7) is 4.26. The molecule has 1 aromatic heterocycles. The second-order valence-corrected chi connectivity index (χ2v) is 9.86. The monoisotopic (exact) mass is 533 g/mol. The Balaban J connectivity index is 1.42. The molecule has 37 heavy (non-hydrogen) atoms. The number of fused-ring (bicyclic) bond motifs is 1. The lowest BCUT2D eigenvalue weighted by atomic mass is 9.95. The number of benzene rings is 1. The third-order valence-corrected chi connectivity index (χ3v) is 6.90. The normalized spacial score (nSPS) is 19.4. The van der Waals surface area contributed by atoms with Gasteiger partial charge in [-0.1, -0.05) is 29.8 Å². The Morgan fingerprint density at radius 1 is 1.19 bits per heavy atom. The molecular weight excluding hydrogens is 498 g/mol. The number of hydrogen-bond acceptors (Lipinski definition) is 7. The smallest absolute Gasteiger partial charge is 0.332 e. The van der Waals surface area contributed by atoms with Gasteiger partial charge in [0, 0.05) is 25.5 Å². The van der Waals surface area contributed by atoms with E-state index in [2.05, 4.69) is 11.1 Å². The van der Waals surface area contributed by atoms with E-state index in [1.165, 1.54) is 9.13 Å². The lowest BCUT2D eigenvalue weighted by Gasteiger charge is -2.25. The van der Waals surface area contributed by atoms with Crippen LogP contribution in [0, 0.1) is 12.8 Å². The largest absolute Gasteiger partial charge is 0.476 e. The lowest BCUT2D eigenvalue weighted by Crippen LogP contribution is -2.43. The number of rotatable bonds is 11. The van der Waals surface area contributed by atoms with Gasteiger partial charge >= 0.3 is 5.69 Å². The molecule has 0 aliphatic carbocycles. The zero-order chi connectivity index (χ0) is 26.2. The first-order valence-corrected chi connectivity index (χ1v) is 13.5. The van der Waals surface area contributed by atoms with Crippen molar-refractivity contribution < 1.29 is 18.9 Å². The van der Waals surface area contributed by atoms with Gasteiger partial charge < -0.3 is 18.9 Å². The highest BCUT2D eigenvalue weighted by molar-refractivity contribution is 6.18. The van der Waals surface area contributed by atoms with E-state index in [0.717, 1.165) is 37.0 Å². The summed E-state index contributed by atoms with van der Waals surface area (Å²) < 4.78 is 25.5. The first-order chi connectivity index (χ1) is 18.0. The fourth-order valence-corrected chi connectivity index (χ4v) is 4.94. The van der Waals surface area contributed by atoms with E-state index < -0.39 is 5.69 Å². The van der Waals surface area contributed by atoms with Gasteiger partial charge in [-0.3, -0.25) is 13.9 Å². The van der Waals surface area contributed by atoms with Gasteiger partial charge in [-0.25, -0.2) is 4.79 Å². The molecule has 0 spiro atoms. The fourth-order valence-electron chi connectivity index (χ4n) is 4.67. The summed E-state index contributed by atoms with van der Waals surface area (Å²) in [5.74, 6) is 1.13. The van der Waals surface area contributed by atoms with Gasteiger partial charge in [-0.15, -0.1) is 11.6 Å². The topological polar surface area (TPSA) is 93.3 Å². The molecule has 202 valence electrons. The Kier molecular flexibility index (Phi) is 9.96. The van der Waals surface area contributed by atoms with Gasteiger partial charge in [0.2, 0.25) is 0 Å². The van der Waals surface area contributed by atoms with Crippen LogP contribution in [0.4, 0.5) is 5.82 Å². The Hall–Kier alpha value is -2.46. The fraction of sp³-hybridized carbons (Fsp3) is 0.593. The van der Waals surface area contributed by atoms with Crippen LogP contribution in [-0.2, 0) is 45.6 Å². The molecule has 1 saturated heterocycles. The number of hydrogen-bond donors (Lipinski definition) is 0. The average molecular weight is 534 g/mol. The zero-order valence-electron chi connectivity index (χ0n) is 21.6. The Bertz CT molecular complexity index is 1200. The SMILES string of the molecule is Cc1cccc(COC2=Nc3c(c(=O)n(CCOCCOC4CCCCO4)c(=O)n3C)CC2CCCl)c1. The Morgan fingerprint density at radius 3 is 2.81 bits per heavy atom. The summed E-state index contributed by atoms with van der Waals surface area (Å²) in [5, 5.41) is 0. The summed E-state index contributed by atoms with van der Waals surface area (Å²) in [6.07, 6.45) is 3.93. The summed E-state index contributed by atoms with van der Waals surface area (Å²) in [4.78, 5) is 30.9. The zero-order valence-corrected chi connectivity index (χ0v) is 22.4. The van der Waals surface area contributed by atoms with E-state index in [-0.39, 0.29) is 30.9 Å². The average Bonchev–Trinajstić information content (AvgIpc) is 2.91. The number of nitrogens with zero attached hydrogens (tertiary/aromatic N) is 3. The number of aliphatic imine (C=N–C) groups is 1. The van der Waals surface area contributed by atoms with Gasteiger partial charge in [-0.05, 0) is 44.6 Å². The second kappa shape index (κ2) is 13.4. The highest BCUT2D eigenvalue weighted by Gasteiger charge is 2.29. The quantitative estimate of drug-likeness (QED) is 0.324. The highest BCUT2D eigenvalue weighted by Crippen LogP contribution is 2.28. The van der Waals surface area contributed by atoms with Crippen LogP contribution in [0.2, 0.25) is 0 Å².